The molecule has 1 unspecified atom stereocenters. The van der Waals surface area contributed by atoms with Gasteiger partial charge >= 0.3 is 12.2 Å². The van der Waals surface area contributed by atoms with Gasteiger partial charge in [0.15, 0.2) is 0 Å². The van der Waals surface area contributed by atoms with Crippen LogP contribution in [0.3, 0.4) is 0 Å². The molecule has 3 rings (SSSR count). The van der Waals surface area contributed by atoms with Crippen LogP contribution in [0, 0.1) is 11.3 Å². The Bertz CT molecular complexity index is 965. The Morgan fingerprint density at radius 1 is 1.11 bits per heavy atom. The molecule has 1 fully saturated rings. The van der Waals surface area contributed by atoms with Crippen molar-refractivity contribution in [1.82, 2.24) is 4.90 Å². The van der Waals surface area contributed by atoms with E-state index in [0.29, 0.717) is 16.5 Å². The highest BCUT2D eigenvalue weighted by Crippen LogP contribution is 2.38. The molecule has 0 spiro atoms. The molecule has 0 saturated carbocycles. The number of anilines is 1. The molecule has 27 heavy (non-hydrogen) atoms. The number of hydrogen-bond acceptors (Lipinski definition) is 4. The van der Waals surface area contributed by atoms with E-state index in [-0.39, 0.29) is 11.4 Å². The summed E-state index contributed by atoms with van der Waals surface area (Å²) >= 11 is 0. The van der Waals surface area contributed by atoms with Crippen molar-refractivity contribution in [1.29, 1.82) is 5.26 Å². The van der Waals surface area contributed by atoms with Crippen LogP contribution in [0.2, 0.25) is 0 Å². The highest BCUT2D eigenvalue weighted by Gasteiger charge is 2.45. The van der Waals surface area contributed by atoms with E-state index in [1.807, 2.05) is 0 Å². The third-order valence-electron chi connectivity index (χ3n) is 4.23. The number of rotatable bonds is 2. The zero-order chi connectivity index (χ0) is 19.9. The predicted molar refractivity (Wildman–Crippen MR) is 87.7 cm³/mol. The number of likely N-dealkylation sites (N-methyl/N-ethyl adjacent to an activating group) is 1. The minimum atomic E-state index is -4.81. The van der Waals surface area contributed by atoms with Crippen LogP contribution in [-0.2, 0) is 11.0 Å². The van der Waals surface area contributed by atoms with Gasteiger partial charge in [0, 0.05) is 7.05 Å². The molecule has 1 N–H and O–H groups in total. The zero-order valence-electron chi connectivity index (χ0n) is 13.9. The second kappa shape index (κ2) is 6.32. The van der Waals surface area contributed by atoms with E-state index < -0.39 is 35.3 Å². The van der Waals surface area contributed by atoms with Gasteiger partial charge in [-0.25, -0.2) is 9.69 Å². The number of hydrogen-bond donors (Lipinski definition) is 1. The van der Waals surface area contributed by atoms with Crippen molar-refractivity contribution in [2.24, 2.45) is 0 Å². The summed E-state index contributed by atoms with van der Waals surface area (Å²) in [5.74, 6) is -0.761. The van der Waals surface area contributed by atoms with Crippen LogP contribution in [0.25, 0.3) is 0 Å². The van der Waals surface area contributed by atoms with Crippen molar-refractivity contribution in [3.05, 3.63) is 59.2 Å². The number of carbonyl (C=O) groups excluding carboxylic acids is 2. The molecule has 6 nitrogen and oxygen atoms in total. The smallest absolute Gasteiger partial charge is 0.417 e. The van der Waals surface area contributed by atoms with Crippen molar-refractivity contribution >= 4 is 17.6 Å². The first-order valence-corrected chi connectivity index (χ1v) is 7.66. The first kappa shape index (κ1) is 18.3. The van der Waals surface area contributed by atoms with Crippen molar-refractivity contribution < 1.29 is 27.9 Å². The van der Waals surface area contributed by atoms with Gasteiger partial charge in [0.2, 0.25) is 0 Å². The Morgan fingerprint density at radius 3 is 2.30 bits per heavy atom. The summed E-state index contributed by atoms with van der Waals surface area (Å²) in [6.07, 6.45) is -4.81. The predicted octanol–water partition coefficient (Wildman–Crippen LogP) is 3.42. The molecule has 0 bridgehead atoms. The molecule has 1 atom stereocenters. The first-order chi connectivity index (χ1) is 12.6. The molecular formula is C18H12F3N3O3. The van der Waals surface area contributed by atoms with Gasteiger partial charge in [-0.3, -0.25) is 4.79 Å². The van der Waals surface area contributed by atoms with Crippen molar-refractivity contribution in [3.8, 4) is 11.8 Å². The maximum atomic E-state index is 13.2. The Kier molecular flexibility index (Phi) is 4.27. The molecule has 1 saturated heterocycles. The molecule has 2 aromatic rings. The molecule has 1 aliphatic rings. The highest BCUT2D eigenvalue weighted by molar-refractivity contribution is 6.21. The second-order valence-electron chi connectivity index (χ2n) is 5.90. The summed E-state index contributed by atoms with van der Waals surface area (Å²) in [6, 6.07) is 7.85. The van der Waals surface area contributed by atoms with Crippen LogP contribution in [-0.4, -0.2) is 29.0 Å². The van der Waals surface area contributed by atoms with Gasteiger partial charge in [0.1, 0.15) is 11.8 Å². The Balaban J connectivity index is 2.05. The summed E-state index contributed by atoms with van der Waals surface area (Å²) < 4.78 is 39.5. The van der Waals surface area contributed by atoms with Gasteiger partial charge in [-0.05, 0) is 35.9 Å². The number of urea groups is 1. The Morgan fingerprint density at radius 2 is 1.74 bits per heavy atom. The third kappa shape index (κ3) is 3.06. The maximum absolute atomic E-state index is 13.2. The van der Waals surface area contributed by atoms with E-state index in [1.54, 1.807) is 0 Å². The number of nitrogens with zero attached hydrogens (tertiary/aromatic N) is 3. The van der Waals surface area contributed by atoms with Crippen LogP contribution >= 0.6 is 0 Å². The summed E-state index contributed by atoms with van der Waals surface area (Å²) in [4.78, 5) is 27.0. The number of benzene rings is 2. The number of alkyl halides is 3. The largest absolute Gasteiger partial charge is 0.508 e. The summed E-state index contributed by atoms with van der Waals surface area (Å²) in [6.45, 7) is 0. The number of halogens is 3. The normalized spacial score (nSPS) is 17.4. The lowest BCUT2D eigenvalue weighted by molar-refractivity contribution is -0.137. The van der Waals surface area contributed by atoms with Crippen molar-refractivity contribution in [2.45, 2.75) is 12.2 Å². The van der Waals surface area contributed by atoms with E-state index in [2.05, 4.69) is 0 Å². The van der Waals surface area contributed by atoms with Gasteiger partial charge in [-0.2, -0.15) is 18.4 Å². The summed E-state index contributed by atoms with van der Waals surface area (Å²) in [7, 11) is 1.35. The van der Waals surface area contributed by atoms with E-state index in [0.717, 1.165) is 17.0 Å². The van der Waals surface area contributed by atoms with Crippen LogP contribution in [0.15, 0.2) is 42.5 Å². The van der Waals surface area contributed by atoms with Gasteiger partial charge in [-0.15, -0.1) is 0 Å². The lowest BCUT2D eigenvalue weighted by Gasteiger charge is -2.16. The van der Waals surface area contributed by atoms with Gasteiger partial charge in [0.05, 0.1) is 22.9 Å². The van der Waals surface area contributed by atoms with E-state index in [9.17, 15) is 27.9 Å². The van der Waals surface area contributed by atoms with Crippen LogP contribution in [0.1, 0.15) is 22.7 Å². The standard InChI is InChI=1S/C18H12F3N3O3/c1-23-15(10-3-6-13(25)7-4-10)16(26)24(17(23)27)12-5-2-11(9-22)14(8-12)18(19,20)21/h2-8,15,25H,1H3. The zero-order valence-corrected chi connectivity index (χ0v) is 13.9. The maximum Gasteiger partial charge on any atom is 0.417 e. The molecule has 138 valence electrons. The van der Waals surface area contributed by atoms with E-state index >= 15 is 0 Å². The second-order valence-corrected chi connectivity index (χ2v) is 5.90. The van der Waals surface area contributed by atoms with E-state index in [1.165, 1.54) is 37.4 Å². The Hall–Kier alpha value is -3.54. The molecule has 0 aromatic heterocycles. The van der Waals surface area contributed by atoms with E-state index in [4.69, 9.17) is 5.26 Å². The monoisotopic (exact) mass is 375 g/mol. The third-order valence-corrected chi connectivity index (χ3v) is 4.23. The number of imide groups is 1. The molecule has 3 amide bonds. The number of phenols is 1. The minimum Gasteiger partial charge on any atom is -0.508 e. The SMILES string of the molecule is CN1C(=O)N(c2ccc(C#N)c(C(F)(F)F)c2)C(=O)C1c1ccc(O)cc1. The van der Waals surface area contributed by atoms with Gasteiger partial charge < -0.3 is 10.0 Å². The van der Waals surface area contributed by atoms with Gasteiger partial charge in [0.25, 0.3) is 5.91 Å². The van der Waals surface area contributed by atoms with Crippen molar-refractivity contribution in [2.75, 3.05) is 11.9 Å². The van der Waals surface area contributed by atoms with Crippen molar-refractivity contribution in [3.63, 3.8) is 0 Å². The molecule has 1 aliphatic heterocycles. The average molecular weight is 375 g/mol. The number of phenolic OH excluding ortho intramolecular Hbond substituents is 1. The van der Waals surface area contributed by atoms with Crippen LogP contribution in [0.5, 0.6) is 5.75 Å². The minimum absolute atomic E-state index is 0.0306. The summed E-state index contributed by atoms with van der Waals surface area (Å²) in [5, 5.41) is 18.2. The fourth-order valence-electron chi connectivity index (χ4n) is 2.91. The Labute approximate surface area is 151 Å². The lowest BCUT2D eigenvalue weighted by Crippen LogP contribution is -2.31. The molecule has 0 aliphatic carbocycles. The lowest BCUT2D eigenvalue weighted by atomic mass is 10.0. The topological polar surface area (TPSA) is 84.6 Å². The number of nitriles is 1. The molecular weight excluding hydrogens is 363 g/mol. The molecule has 0 radical (unpaired) electrons. The molecule has 2 aromatic carbocycles. The van der Waals surface area contributed by atoms with Crippen LogP contribution < -0.4 is 4.90 Å². The highest BCUT2D eigenvalue weighted by atomic mass is 19.4. The molecule has 1 heterocycles. The van der Waals surface area contributed by atoms with Crippen LogP contribution in [0.4, 0.5) is 23.7 Å². The quantitative estimate of drug-likeness (QED) is 0.815. The van der Waals surface area contributed by atoms with Gasteiger partial charge in [-0.1, -0.05) is 12.1 Å². The molecule has 9 heteroatoms. The summed E-state index contributed by atoms with van der Waals surface area (Å²) in [5.41, 5.74) is -1.70. The number of aromatic hydroxyl groups is 1. The fourth-order valence-corrected chi connectivity index (χ4v) is 2.91. The number of amides is 3. The number of carbonyl (C=O) groups is 2. The first-order valence-electron chi connectivity index (χ1n) is 7.66. The fraction of sp³-hybridized carbons (Fsp3) is 0.167. The average Bonchev–Trinajstić information content (AvgIpc) is 2.84.